The third-order valence-electron chi connectivity index (χ3n) is 7.36. The van der Waals surface area contributed by atoms with Crippen molar-refractivity contribution in [2.45, 2.75) is 65.2 Å². The van der Waals surface area contributed by atoms with Crippen LogP contribution in [0.1, 0.15) is 65.2 Å². The average Bonchev–Trinajstić information content (AvgIpc) is 2.49. The quantitative estimate of drug-likeness (QED) is 0.850. The number of carbonyl (C=O) groups excluding carboxylic acids is 2. The van der Waals surface area contributed by atoms with Crippen molar-refractivity contribution in [1.82, 2.24) is 10.2 Å². The highest BCUT2D eigenvalue weighted by Crippen LogP contribution is 2.61. The maximum Gasteiger partial charge on any atom is 0.241 e. The number of rotatable bonds is 4. The van der Waals surface area contributed by atoms with Crippen molar-refractivity contribution in [1.29, 1.82) is 0 Å². The van der Waals surface area contributed by atoms with Gasteiger partial charge in [0.05, 0.1) is 6.54 Å². The monoisotopic (exact) mass is 346 g/mol. The van der Waals surface area contributed by atoms with Gasteiger partial charge in [0.2, 0.25) is 11.8 Å². The zero-order valence-electron chi connectivity index (χ0n) is 15.9. The van der Waals surface area contributed by atoms with Crippen molar-refractivity contribution in [3.05, 3.63) is 0 Å². The molecule has 4 nitrogen and oxygen atoms in total. The highest BCUT2D eigenvalue weighted by molar-refractivity contribution is 5.85. The van der Waals surface area contributed by atoms with Crippen molar-refractivity contribution in [3.8, 4) is 0 Å². The Bertz CT molecular complexity index is 499. The summed E-state index contributed by atoms with van der Waals surface area (Å²) in [4.78, 5) is 27.0. The molecule has 0 unspecified atom stereocenters. The van der Waals surface area contributed by atoms with Crippen LogP contribution < -0.4 is 5.32 Å². The Morgan fingerprint density at radius 3 is 1.96 bits per heavy atom. The minimum absolute atomic E-state index is 0.0947. The van der Waals surface area contributed by atoms with Gasteiger partial charge in [0.1, 0.15) is 0 Å². The molecule has 0 spiro atoms. The van der Waals surface area contributed by atoms with Gasteiger partial charge in [0.25, 0.3) is 0 Å². The van der Waals surface area contributed by atoms with E-state index in [2.05, 4.69) is 19.2 Å². The van der Waals surface area contributed by atoms with Gasteiger partial charge in [-0.05, 0) is 80.0 Å². The Morgan fingerprint density at radius 1 is 0.920 bits per heavy atom. The number of hydrogen-bond donors (Lipinski definition) is 1. The average molecular weight is 347 g/mol. The Labute approximate surface area is 152 Å². The van der Waals surface area contributed by atoms with E-state index in [1.165, 1.54) is 44.9 Å². The van der Waals surface area contributed by atoms with E-state index in [4.69, 9.17) is 0 Å². The second-order valence-corrected chi connectivity index (χ2v) is 10.1. The van der Waals surface area contributed by atoms with Gasteiger partial charge in [-0.1, -0.05) is 13.8 Å². The molecule has 1 aliphatic heterocycles. The molecule has 4 aliphatic carbocycles. The lowest BCUT2D eigenvalue weighted by atomic mass is 9.49. The van der Waals surface area contributed by atoms with Crippen molar-refractivity contribution in [3.63, 3.8) is 0 Å². The third-order valence-corrected chi connectivity index (χ3v) is 7.36. The Kier molecular flexibility index (Phi) is 4.57. The van der Waals surface area contributed by atoms with Gasteiger partial charge in [-0.3, -0.25) is 9.59 Å². The van der Waals surface area contributed by atoms with Crippen LogP contribution in [0, 0.1) is 35.0 Å². The van der Waals surface area contributed by atoms with Gasteiger partial charge < -0.3 is 10.2 Å². The first kappa shape index (κ1) is 17.4. The summed E-state index contributed by atoms with van der Waals surface area (Å²) < 4.78 is 0. The number of likely N-dealkylation sites (tertiary alicyclic amines) is 1. The smallest absolute Gasteiger partial charge is 0.241 e. The summed E-state index contributed by atoms with van der Waals surface area (Å²) in [6.07, 6.45) is 9.82. The molecule has 0 radical (unpaired) electrons. The number of nitrogens with zero attached hydrogens (tertiary/aromatic N) is 1. The molecule has 2 amide bonds. The number of amides is 2. The van der Waals surface area contributed by atoms with Gasteiger partial charge >= 0.3 is 0 Å². The molecule has 1 heterocycles. The molecule has 5 aliphatic rings. The third kappa shape index (κ3) is 3.73. The van der Waals surface area contributed by atoms with E-state index in [-0.39, 0.29) is 23.8 Å². The minimum atomic E-state index is 0.0947. The molecule has 1 saturated heterocycles. The maximum atomic E-state index is 12.6. The molecular weight excluding hydrogens is 312 g/mol. The molecule has 0 aromatic carbocycles. The van der Waals surface area contributed by atoms with Crippen molar-refractivity contribution >= 4 is 11.8 Å². The summed E-state index contributed by atoms with van der Waals surface area (Å²) in [7, 11) is 0. The fraction of sp³-hybridized carbons (Fsp3) is 0.905. The lowest BCUT2D eigenvalue weighted by Gasteiger charge is -2.56. The summed E-state index contributed by atoms with van der Waals surface area (Å²) in [5.74, 6) is 3.95. The van der Waals surface area contributed by atoms with Gasteiger partial charge in [0, 0.05) is 19.5 Å². The summed E-state index contributed by atoms with van der Waals surface area (Å²) in [5, 5.41) is 2.95. The van der Waals surface area contributed by atoms with E-state index in [1.54, 1.807) is 0 Å². The zero-order valence-corrected chi connectivity index (χ0v) is 15.9. The fourth-order valence-corrected chi connectivity index (χ4v) is 7.06. The van der Waals surface area contributed by atoms with Crippen LogP contribution in [0.3, 0.4) is 0 Å². The SMILES string of the molecule is C[C@@H]1C[C@@H](C)CN(C(=O)CNC(=O)CC23CC4CC(CC(C4)C2)C3)C1. The zero-order chi connectivity index (χ0) is 17.6. The molecule has 0 aromatic heterocycles. The molecule has 4 heteroatoms. The molecule has 140 valence electrons. The van der Waals surface area contributed by atoms with Gasteiger partial charge in [-0.2, -0.15) is 0 Å². The number of nitrogens with one attached hydrogen (secondary N) is 1. The lowest BCUT2D eigenvalue weighted by molar-refractivity contribution is -0.137. The van der Waals surface area contributed by atoms with Crippen LogP contribution in [0.5, 0.6) is 0 Å². The second kappa shape index (κ2) is 6.59. The molecule has 4 bridgehead atoms. The molecule has 1 N–H and O–H groups in total. The number of hydrogen-bond acceptors (Lipinski definition) is 2. The molecular formula is C21H34N2O2. The normalized spacial score (nSPS) is 42.5. The van der Waals surface area contributed by atoms with Crippen LogP contribution in [0.2, 0.25) is 0 Å². The first-order valence-electron chi connectivity index (χ1n) is 10.5. The number of carbonyl (C=O) groups is 2. The molecule has 5 rings (SSSR count). The van der Waals surface area contributed by atoms with Crippen LogP contribution in [-0.2, 0) is 9.59 Å². The van der Waals surface area contributed by atoms with E-state index >= 15 is 0 Å². The first-order valence-corrected chi connectivity index (χ1v) is 10.5. The summed E-state index contributed by atoms with van der Waals surface area (Å²) >= 11 is 0. The molecule has 4 saturated carbocycles. The summed E-state index contributed by atoms with van der Waals surface area (Å²) in [6.45, 7) is 6.29. The lowest BCUT2D eigenvalue weighted by Crippen LogP contribution is -2.49. The van der Waals surface area contributed by atoms with Crippen molar-refractivity contribution < 1.29 is 9.59 Å². The van der Waals surface area contributed by atoms with E-state index in [1.807, 2.05) is 4.90 Å². The van der Waals surface area contributed by atoms with Gasteiger partial charge in [0.15, 0.2) is 0 Å². The predicted molar refractivity (Wildman–Crippen MR) is 97.8 cm³/mol. The molecule has 2 atom stereocenters. The van der Waals surface area contributed by atoms with Crippen LogP contribution in [-0.4, -0.2) is 36.3 Å². The topological polar surface area (TPSA) is 49.4 Å². The van der Waals surface area contributed by atoms with E-state index in [0.29, 0.717) is 18.3 Å². The van der Waals surface area contributed by atoms with E-state index in [9.17, 15) is 9.59 Å². The molecule has 25 heavy (non-hydrogen) atoms. The number of piperidine rings is 1. The van der Waals surface area contributed by atoms with Crippen LogP contribution >= 0.6 is 0 Å². The fourth-order valence-electron chi connectivity index (χ4n) is 7.06. The highest BCUT2D eigenvalue weighted by Gasteiger charge is 2.51. The summed E-state index contributed by atoms with van der Waals surface area (Å²) in [6, 6.07) is 0. The Balaban J connectivity index is 1.27. The van der Waals surface area contributed by atoms with Gasteiger partial charge in [-0.15, -0.1) is 0 Å². The first-order chi connectivity index (χ1) is 11.9. The van der Waals surface area contributed by atoms with Crippen LogP contribution in [0.25, 0.3) is 0 Å². The van der Waals surface area contributed by atoms with Crippen LogP contribution in [0.15, 0.2) is 0 Å². The van der Waals surface area contributed by atoms with E-state index in [0.717, 1.165) is 30.8 Å². The predicted octanol–water partition coefficient (Wildman–Crippen LogP) is 3.21. The highest BCUT2D eigenvalue weighted by atomic mass is 16.2. The van der Waals surface area contributed by atoms with E-state index < -0.39 is 0 Å². The molecule has 5 fully saturated rings. The standard InChI is InChI=1S/C21H34N2O2/c1-14-3-15(2)13-23(12-14)20(25)11-22-19(24)10-21-7-16-4-17(8-21)6-18(5-16)9-21/h14-18H,3-13H2,1-2H3,(H,22,24)/t14-,15-,16?,17?,18?,21?/m1/s1. The Hall–Kier alpha value is -1.06. The van der Waals surface area contributed by atoms with Crippen LogP contribution in [0.4, 0.5) is 0 Å². The van der Waals surface area contributed by atoms with Gasteiger partial charge in [-0.25, -0.2) is 0 Å². The maximum absolute atomic E-state index is 12.6. The Morgan fingerprint density at radius 2 is 1.44 bits per heavy atom. The van der Waals surface area contributed by atoms with Crippen molar-refractivity contribution in [2.24, 2.45) is 35.0 Å². The minimum Gasteiger partial charge on any atom is -0.347 e. The molecule has 0 aromatic rings. The van der Waals surface area contributed by atoms with Crippen molar-refractivity contribution in [2.75, 3.05) is 19.6 Å². The summed E-state index contributed by atoms with van der Waals surface area (Å²) in [5.41, 5.74) is 0.260. The largest absolute Gasteiger partial charge is 0.347 e. The second-order valence-electron chi connectivity index (χ2n) is 10.1.